The van der Waals surface area contributed by atoms with Gasteiger partial charge in [0.05, 0.1) is 18.8 Å². The van der Waals surface area contributed by atoms with Gasteiger partial charge in [-0.25, -0.2) is 4.79 Å². The Bertz CT molecular complexity index is 864. The average Bonchev–Trinajstić information content (AvgIpc) is 2.65. The van der Waals surface area contributed by atoms with Crippen LogP contribution >= 0.6 is 0 Å². The molecule has 0 saturated carbocycles. The molecule has 2 atom stereocenters. The van der Waals surface area contributed by atoms with Crippen LogP contribution < -0.4 is 0 Å². The molecule has 0 amide bonds. The summed E-state index contributed by atoms with van der Waals surface area (Å²) in [6.07, 6.45) is 1.72. The molecule has 0 radical (unpaired) electrons. The number of rotatable bonds is 4. The maximum Gasteiger partial charge on any atom is 0.373 e. The third kappa shape index (κ3) is 4.15. The molecule has 1 heterocycles. The maximum atomic E-state index is 12.2. The number of hydrogen-bond donors (Lipinski definition) is 0. The molecule has 0 fully saturated rings. The zero-order chi connectivity index (χ0) is 19.7. The summed E-state index contributed by atoms with van der Waals surface area (Å²) in [5, 5.41) is 2.19. The van der Waals surface area contributed by atoms with Crippen LogP contribution in [0.1, 0.15) is 32.8 Å². The zero-order valence-corrected chi connectivity index (χ0v) is 16.4. The van der Waals surface area contributed by atoms with Crippen LogP contribution in [0.2, 0.25) is 0 Å². The lowest BCUT2D eigenvalue weighted by Gasteiger charge is -2.40. The first kappa shape index (κ1) is 19.4. The molecule has 1 aliphatic rings. The van der Waals surface area contributed by atoms with E-state index < -0.39 is 11.8 Å². The molecule has 0 aliphatic carbocycles. The van der Waals surface area contributed by atoms with Crippen LogP contribution in [-0.2, 0) is 29.5 Å². The largest absolute Gasteiger partial charge is 0.463 e. The van der Waals surface area contributed by atoms with E-state index in [9.17, 15) is 4.79 Å². The van der Waals surface area contributed by atoms with Gasteiger partial charge in [0.15, 0.2) is 0 Å². The lowest BCUT2D eigenvalue weighted by molar-refractivity contribution is -0.243. The van der Waals surface area contributed by atoms with Crippen molar-refractivity contribution in [2.24, 2.45) is 0 Å². The summed E-state index contributed by atoms with van der Waals surface area (Å²) in [4.78, 5) is 12.2. The third-order valence-electron chi connectivity index (χ3n) is 4.49. The van der Waals surface area contributed by atoms with Crippen LogP contribution in [0.3, 0.4) is 0 Å². The number of esters is 1. The van der Waals surface area contributed by atoms with E-state index in [1.807, 2.05) is 63.2 Å². The third-order valence-corrected chi connectivity index (χ3v) is 4.49. The normalized spacial score (nSPS) is 22.9. The number of carbonyl (C=O) groups excluding carboxylic acids is 1. The van der Waals surface area contributed by atoms with Crippen LogP contribution in [-0.4, -0.2) is 31.9 Å². The Morgan fingerprint density at radius 3 is 2.44 bits per heavy atom. The van der Waals surface area contributed by atoms with Crippen molar-refractivity contribution in [2.45, 2.75) is 44.7 Å². The summed E-state index contributed by atoms with van der Waals surface area (Å²) in [6.45, 7) is 5.91. The molecule has 3 rings (SSSR count). The van der Waals surface area contributed by atoms with Gasteiger partial charge in [-0.05, 0) is 43.7 Å². The lowest BCUT2D eigenvalue weighted by Crippen LogP contribution is -2.43. The monoisotopic (exact) mass is 370 g/mol. The molecule has 0 saturated heterocycles. The zero-order valence-electron chi connectivity index (χ0n) is 16.4. The van der Waals surface area contributed by atoms with Gasteiger partial charge >= 0.3 is 5.97 Å². The number of fused-ring (bicyclic) bond motifs is 1. The molecule has 0 spiro atoms. The van der Waals surface area contributed by atoms with E-state index in [4.69, 9.17) is 18.9 Å². The molecular weight excluding hydrogens is 344 g/mol. The van der Waals surface area contributed by atoms with Crippen molar-refractivity contribution < 1.29 is 23.7 Å². The molecule has 27 heavy (non-hydrogen) atoms. The fourth-order valence-corrected chi connectivity index (χ4v) is 3.33. The summed E-state index contributed by atoms with van der Waals surface area (Å²) in [6, 6.07) is 14.1. The average molecular weight is 370 g/mol. The van der Waals surface area contributed by atoms with E-state index in [2.05, 4.69) is 0 Å². The first-order chi connectivity index (χ1) is 12.8. The van der Waals surface area contributed by atoms with E-state index in [0.717, 1.165) is 16.3 Å². The highest BCUT2D eigenvalue weighted by molar-refractivity contribution is 5.86. The summed E-state index contributed by atoms with van der Waals surface area (Å²) in [5.41, 5.74) is 0.434. The molecule has 2 aromatic carbocycles. The SMILES string of the molecule is COC(=O)C1=C[C@H](OC(C)(C)C)C[C@](OC)(c2ccc3ccccc3c2)O1. The van der Waals surface area contributed by atoms with E-state index >= 15 is 0 Å². The van der Waals surface area contributed by atoms with Crippen molar-refractivity contribution in [1.82, 2.24) is 0 Å². The van der Waals surface area contributed by atoms with Gasteiger partial charge in [0.2, 0.25) is 11.5 Å². The molecule has 0 unspecified atom stereocenters. The number of carbonyl (C=O) groups is 1. The molecular formula is C22H26O5. The Morgan fingerprint density at radius 1 is 1.11 bits per heavy atom. The van der Waals surface area contributed by atoms with E-state index in [1.165, 1.54) is 7.11 Å². The van der Waals surface area contributed by atoms with Crippen molar-refractivity contribution in [3.8, 4) is 0 Å². The van der Waals surface area contributed by atoms with Gasteiger partial charge in [-0.3, -0.25) is 0 Å². The predicted octanol–water partition coefficient (Wildman–Crippen LogP) is 4.30. The molecule has 1 aliphatic heterocycles. The summed E-state index contributed by atoms with van der Waals surface area (Å²) < 4.78 is 22.9. The minimum Gasteiger partial charge on any atom is -0.463 e. The lowest BCUT2D eigenvalue weighted by atomic mass is 9.93. The Kier molecular flexibility index (Phi) is 5.27. The fourth-order valence-electron chi connectivity index (χ4n) is 3.33. The second-order valence-corrected chi connectivity index (χ2v) is 7.62. The molecule has 0 aromatic heterocycles. The van der Waals surface area contributed by atoms with Crippen molar-refractivity contribution >= 4 is 16.7 Å². The smallest absolute Gasteiger partial charge is 0.373 e. The first-order valence-electron chi connectivity index (χ1n) is 8.98. The van der Waals surface area contributed by atoms with E-state index in [1.54, 1.807) is 13.2 Å². The number of ether oxygens (including phenoxy) is 4. The number of hydrogen-bond acceptors (Lipinski definition) is 5. The standard InChI is InChI=1S/C22H26O5/c1-21(2,3)26-18-13-19(20(23)24-4)27-22(14-18,25-5)17-11-10-15-8-6-7-9-16(15)12-17/h6-13,18H,14H2,1-5H3/t18-,22+/m0/s1. The minimum absolute atomic E-state index is 0.0907. The van der Waals surface area contributed by atoms with Crippen LogP contribution in [0.4, 0.5) is 0 Å². The highest BCUT2D eigenvalue weighted by Crippen LogP contribution is 2.40. The van der Waals surface area contributed by atoms with Gasteiger partial charge in [-0.2, -0.15) is 0 Å². The van der Waals surface area contributed by atoms with Crippen molar-refractivity contribution in [2.75, 3.05) is 14.2 Å². The Balaban J connectivity index is 2.05. The van der Waals surface area contributed by atoms with E-state index in [-0.39, 0.29) is 17.5 Å². The van der Waals surface area contributed by atoms with Gasteiger partial charge in [-0.15, -0.1) is 0 Å². The Morgan fingerprint density at radius 2 is 1.81 bits per heavy atom. The summed E-state index contributed by atoms with van der Waals surface area (Å²) >= 11 is 0. The van der Waals surface area contributed by atoms with Gasteiger partial charge in [0.1, 0.15) is 0 Å². The highest BCUT2D eigenvalue weighted by Gasteiger charge is 2.44. The highest BCUT2D eigenvalue weighted by atomic mass is 16.7. The van der Waals surface area contributed by atoms with E-state index in [0.29, 0.717) is 6.42 Å². The second kappa shape index (κ2) is 7.33. The first-order valence-corrected chi connectivity index (χ1v) is 8.98. The van der Waals surface area contributed by atoms with Gasteiger partial charge in [0.25, 0.3) is 0 Å². The molecule has 0 bridgehead atoms. The van der Waals surface area contributed by atoms with Gasteiger partial charge < -0.3 is 18.9 Å². The maximum absolute atomic E-state index is 12.2. The van der Waals surface area contributed by atoms with Gasteiger partial charge in [0, 0.05) is 19.1 Å². The second-order valence-electron chi connectivity index (χ2n) is 7.62. The Hall–Kier alpha value is -2.37. The summed E-state index contributed by atoms with van der Waals surface area (Å²) in [5.74, 6) is -1.61. The van der Waals surface area contributed by atoms with Crippen LogP contribution in [0, 0.1) is 0 Å². The fraction of sp³-hybridized carbons (Fsp3) is 0.409. The van der Waals surface area contributed by atoms with Gasteiger partial charge in [-0.1, -0.05) is 36.4 Å². The quantitative estimate of drug-likeness (QED) is 0.751. The van der Waals surface area contributed by atoms with Crippen molar-refractivity contribution in [1.29, 1.82) is 0 Å². The molecule has 5 heteroatoms. The van der Waals surface area contributed by atoms with Crippen molar-refractivity contribution in [3.05, 3.63) is 59.9 Å². The molecule has 0 N–H and O–H groups in total. The Labute approximate surface area is 159 Å². The molecule has 5 nitrogen and oxygen atoms in total. The van der Waals surface area contributed by atoms with Crippen molar-refractivity contribution in [3.63, 3.8) is 0 Å². The summed E-state index contributed by atoms with van der Waals surface area (Å²) in [7, 11) is 2.90. The van der Waals surface area contributed by atoms with Crippen LogP contribution in [0.25, 0.3) is 10.8 Å². The predicted molar refractivity (Wildman–Crippen MR) is 103 cm³/mol. The molecule has 2 aromatic rings. The minimum atomic E-state index is -1.14. The van der Waals surface area contributed by atoms with Crippen LogP contribution in [0.5, 0.6) is 0 Å². The number of methoxy groups -OCH3 is 2. The topological polar surface area (TPSA) is 54.0 Å². The molecule has 144 valence electrons. The number of benzene rings is 2. The van der Waals surface area contributed by atoms with Crippen LogP contribution in [0.15, 0.2) is 54.3 Å².